The number of carbonyl (C=O) groups excluding carboxylic acids is 1. The van der Waals surface area contributed by atoms with Gasteiger partial charge >= 0.3 is 0 Å². The minimum atomic E-state index is 0.157. The summed E-state index contributed by atoms with van der Waals surface area (Å²) in [4.78, 5) is 14.9. The summed E-state index contributed by atoms with van der Waals surface area (Å²) < 4.78 is 1.98. The van der Waals surface area contributed by atoms with Crippen LogP contribution in [0.1, 0.15) is 36.5 Å². The first-order valence-electron chi connectivity index (χ1n) is 7.10. The maximum absolute atomic E-state index is 12.9. The van der Waals surface area contributed by atoms with Crippen LogP contribution in [-0.2, 0) is 0 Å². The van der Waals surface area contributed by atoms with Crippen LogP contribution in [0.5, 0.6) is 0 Å². The Labute approximate surface area is 142 Å². The Morgan fingerprint density at radius 3 is 2.80 bits per heavy atom. The third-order valence-electron chi connectivity index (χ3n) is 3.63. The maximum atomic E-state index is 12.9. The molecule has 3 nitrogen and oxygen atoms in total. The summed E-state index contributed by atoms with van der Waals surface area (Å²) in [6.45, 7) is 4.98. The molecule has 5 heteroatoms. The average Bonchev–Trinajstić information content (AvgIpc) is 2.47. The Bertz CT molecular complexity index is 475. The Kier molecular flexibility index (Phi) is 6.29. The fourth-order valence-corrected chi connectivity index (χ4v) is 3.53. The molecule has 1 aromatic rings. The molecule has 0 unspecified atom stereocenters. The van der Waals surface area contributed by atoms with Gasteiger partial charge in [0.05, 0.1) is 5.56 Å². The average molecular weight is 451 g/mol. The first-order valence-corrected chi connectivity index (χ1v) is 8.97. The molecule has 1 aliphatic heterocycles. The predicted molar refractivity (Wildman–Crippen MR) is 94.1 cm³/mol. The second kappa shape index (κ2) is 7.75. The van der Waals surface area contributed by atoms with Crippen LogP contribution in [0.3, 0.4) is 0 Å². The van der Waals surface area contributed by atoms with Gasteiger partial charge in [0.2, 0.25) is 0 Å². The number of carbonyl (C=O) groups is 1. The molecule has 0 aromatic heterocycles. The second-order valence-corrected chi connectivity index (χ2v) is 7.20. The Morgan fingerprint density at radius 1 is 1.45 bits per heavy atom. The van der Waals surface area contributed by atoms with E-state index in [1.807, 2.05) is 18.2 Å². The van der Waals surface area contributed by atoms with Gasteiger partial charge in [-0.15, -0.1) is 0 Å². The SMILES string of the molecule is CCCN(C(=O)c1cc(I)ccc1Br)C1CCNCC1. The summed E-state index contributed by atoms with van der Waals surface area (Å²) in [5, 5.41) is 3.36. The number of hydrogen-bond donors (Lipinski definition) is 1. The molecule has 0 saturated carbocycles. The van der Waals surface area contributed by atoms with Crippen molar-refractivity contribution in [2.24, 2.45) is 0 Å². The smallest absolute Gasteiger partial charge is 0.255 e. The molecule has 0 bridgehead atoms. The summed E-state index contributed by atoms with van der Waals surface area (Å²) in [6, 6.07) is 6.31. The van der Waals surface area contributed by atoms with Crippen LogP contribution in [0.15, 0.2) is 22.7 Å². The van der Waals surface area contributed by atoms with E-state index < -0.39 is 0 Å². The molecule has 1 heterocycles. The summed E-state index contributed by atoms with van der Waals surface area (Å²) in [7, 11) is 0. The molecule has 1 saturated heterocycles. The summed E-state index contributed by atoms with van der Waals surface area (Å²) in [5.74, 6) is 0.157. The zero-order valence-corrected chi connectivity index (χ0v) is 15.4. The van der Waals surface area contributed by atoms with Gasteiger partial charge in [0.1, 0.15) is 0 Å². The van der Waals surface area contributed by atoms with Crippen molar-refractivity contribution in [1.29, 1.82) is 0 Å². The molecule has 1 amide bonds. The fourth-order valence-electron chi connectivity index (χ4n) is 2.63. The molecule has 2 rings (SSSR count). The highest BCUT2D eigenvalue weighted by Gasteiger charge is 2.26. The Hall–Kier alpha value is -0.140. The van der Waals surface area contributed by atoms with Crippen LogP contribution in [0.25, 0.3) is 0 Å². The van der Waals surface area contributed by atoms with Crippen LogP contribution in [0, 0.1) is 3.57 Å². The number of amides is 1. The van der Waals surface area contributed by atoms with Crippen molar-refractivity contribution in [1.82, 2.24) is 10.2 Å². The van der Waals surface area contributed by atoms with E-state index >= 15 is 0 Å². The standard InChI is InChI=1S/C15H20BrIN2O/c1-2-9-19(12-5-7-18-8-6-12)15(20)13-10-11(17)3-4-14(13)16/h3-4,10,12,18H,2,5-9H2,1H3. The van der Waals surface area contributed by atoms with Crippen LogP contribution in [0.2, 0.25) is 0 Å². The molecule has 1 fully saturated rings. The molecule has 1 aliphatic rings. The highest BCUT2D eigenvalue weighted by molar-refractivity contribution is 14.1. The minimum absolute atomic E-state index is 0.157. The Balaban J connectivity index is 2.23. The molecule has 20 heavy (non-hydrogen) atoms. The van der Waals surface area contributed by atoms with Gasteiger partial charge in [-0.3, -0.25) is 4.79 Å². The van der Waals surface area contributed by atoms with Gasteiger partial charge in [-0.25, -0.2) is 0 Å². The highest BCUT2D eigenvalue weighted by atomic mass is 127. The summed E-state index contributed by atoms with van der Waals surface area (Å²) in [6.07, 6.45) is 3.10. The molecule has 1 aromatic carbocycles. The van der Waals surface area contributed by atoms with Crippen molar-refractivity contribution in [3.8, 4) is 0 Å². The van der Waals surface area contributed by atoms with Crippen molar-refractivity contribution in [3.63, 3.8) is 0 Å². The lowest BCUT2D eigenvalue weighted by Crippen LogP contribution is -2.46. The normalized spacial score (nSPS) is 16.1. The van der Waals surface area contributed by atoms with Crippen LogP contribution in [-0.4, -0.2) is 36.5 Å². The van der Waals surface area contributed by atoms with Gasteiger partial charge in [-0.05, 0) is 89.1 Å². The Morgan fingerprint density at radius 2 is 2.15 bits per heavy atom. The number of hydrogen-bond acceptors (Lipinski definition) is 2. The lowest BCUT2D eigenvalue weighted by molar-refractivity contribution is 0.0641. The molecule has 0 atom stereocenters. The third kappa shape index (κ3) is 3.95. The largest absolute Gasteiger partial charge is 0.336 e. The van der Waals surface area contributed by atoms with E-state index in [1.54, 1.807) is 0 Å². The van der Waals surface area contributed by atoms with E-state index in [0.717, 1.165) is 52.5 Å². The van der Waals surface area contributed by atoms with Crippen molar-refractivity contribution >= 4 is 44.4 Å². The number of nitrogens with one attached hydrogen (secondary N) is 1. The predicted octanol–water partition coefficient (Wildman–Crippen LogP) is 3.66. The molecule has 110 valence electrons. The fraction of sp³-hybridized carbons (Fsp3) is 0.533. The molecular weight excluding hydrogens is 431 g/mol. The quantitative estimate of drug-likeness (QED) is 0.710. The lowest BCUT2D eigenvalue weighted by Gasteiger charge is -2.35. The lowest BCUT2D eigenvalue weighted by atomic mass is 10.0. The molecular formula is C15H20BrIN2O. The van der Waals surface area contributed by atoms with Gasteiger partial charge in [-0.1, -0.05) is 6.92 Å². The van der Waals surface area contributed by atoms with Gasteiger partial charge in [0, 0.05) is 20.6 Å². The topological polar surface area (TPSA) is 32.3 Å². The van der Waals surface area contributed by atoms with E-state index in [-0.39, 0.29) is 5.91 Å². The number of benzene rings is 1. The van der Waals surface area contributed by atoms with E-state index in [1.165, 1.54) is 0 Å². The number of nitrogens with zero attached hydrogens (tertiary/aromatic N) is 1. The van der Waals surface area contributed by atoms with Crippen LogP contribution < -0.4 is 5.32 Å². The first-order chi connectivity index (χ1) is 9.63. The molecule has 0 aliphatic carbocycles. The van der Waals surface area contributed by atoms with E-state index in [9.17, 15) is 4.79 Å². The zero-order valence-electron chi connectivity index (χ0n) is 11.7. The molecule has 0 radical (unpaired) electrons. The molecule has 0 spiro atoms. The van der Waals surface area contributed by atoms with Crippen molar-refractivity contribution < 1.29 is 4.79 Å². The number of rotatable bonds is 4. The number of halogens is 2. The monoisotopic (exact) mass is 450 g/mol. The van der Waals surface area contributed by atoms with Crippen LogP contribution >= 0.6 is 38.5 Å². The van der Waals surface area contributed by atoms with Gasteiger partial charge in [0.15, 0.2) is 0 Å². The highest BCUT2D eigenvalue weighted by Crippen LogP contribution is 2.23. The van der Waals surface area contributed by atoms with Crippen LogP contribution in [0.4, 0.5) is 0 Å². The summed E-state index contributed by atoms with van der Waals surface area (Å²) >= 11 is 5.76. The van der Waals surface area contributed by atoms with E-state index in [2.05, 4.69) is 55.7 Å². The van der Waals surface area contributed by atoms with Crippen molar-refractivity contribution in [2.75, 3.05) is 19.6 Å². The third-order valence-corrected chi connectivity index (χ3v) is 5.00. The summed E-state index contributed by atoms with van der Waals surface area (Å²) in [5.41, 5.74) is 0.781. The second-order valence-electron chi connectivity index (χ2n) is 5.10. The van der Waals surface area contributed by atoms with Gasteiger partial charge < -0.3 is 10.2 Å². The maximum Gasteiger partial charge on any atom is 0.255 e. The first kappa shape index (κ1) is 16.2. The van der Waals surface area contributed by atoms with Crippen molar-refractivity contribution in [2.45, 2.75) is 32.2 Å². The minimum Gasteiger partial charge on any atom is -0.336 e. The van der Waals surface area contributed by atoms with Gasteiger partial charge in [-0.2, -0.15) is 0 Å². The van der Waals surface area contributed by atoms with E-state index in [0.29, 0.717) is 6.04 Å². The number of piperidine rings is 1. The van der Waals surface area contributed by atoms with Gasteiger partial charge in [0.25, 0.3) is 5.91 Å². The molecule has 1 N–H and O–H groups in total. The zero-order chi connectivity index (χ0) is 14.5. The van der Waals surface area contributed by atoms with E-state index in [4.69, 9.17) is 0 Å². The van der Waals surface area contributed by atoms with Crippen molar-refractivity contribution in [3.05, 3.63) is 31.8 Å².